The maximum absolute atomic E-state index is 13.9. The molecular weight excluding hydrogens is 263 g/mol. The molecule has 0 aromatic heterocycles. The van der Waals surface area contributed by atoms with Crippen LogP contribution in [0.5, 0.6) is 0 Å². The molecule has 0 aliphatic rings. The summed E-state index contributed by atoms with van der Waals surface area (Å²) in [4.78, 5) is 2.10. The largest absolute Gasteiger partial charge is 0.329 e. The summed E-state index contributed by atoms with van der Waals surface area (Å²) in [5, 5.41) is 0. The predicted octanol–water partition coefficient (Wildman–Crippen LogP) is 3.52. The van der Waals surface area contributed by atoms with Gasteiger partial charge >= 0.3 is 0 Å². The lowest BCUT2D eigenvalue weighted by Crippen LogP contribution is -2.30. The molecule has 21 heavy (non-hydrogen) atoms. The summed E-state index contributed by atoms with van der Waals surface area (Å²) in [5.41, 5.74) is 9.06. The zero-order valence-corrected chi connectivity index (χ0v) is 12.7. The molecule has 2 aromatic carbocycles. The third-order valence-corrected chi connectivity index (χ3v) is 3.88. The molecule has 112 valence electrons. The quantitative estimate of drug-likeness (QED) is 0.880. The molecule has 0 radical (unpaired) electrons. The summed E-state index contributed by atoms with van der Waals surface area (Å²) < 4.78 is 13.9. The molecule has 3 heteroatoms. The van der Waals surface area contributed by atoms with E-state index in [9.17, 15) is 4.39 Å². The fourth-order valence-electron chi connectivity index (χ4n) is 2.57. The summed E-state index contributed by atoms with van der Waals surface area (Å²) in [6.07, 6.45) is 1.04. The first-order valence-corrected chi connectivity index (χ1v) is 7.38. The number of nitrogens with zero attached hydrogens (tertiary/aromatic N) is 1. The van der Waals surface area contributed by atoms with E-state index in [0.29, 0.717) is 12.1 Å². The van der Waals surface area contributed by atoms with Crippen molar-refractivity contribution in [3.63, 3.8) is 0 Å². The van der Waals surface area contributed by atoms with Crippen molar-refractivity contribution >= 4 is 0 Å². The van der Waals surface area contributed by atoms with Crippen molar-refractivity contribution in [2.45, 2.75) is 25.9 Å². The Morgan fingerprint density at radius 2 is 1.67 bits per heavy atom. The number of nitrogens with two attached hydrogens (primary N) is 1. The Morgan fingerprint density at radius 3 is 2.24 bits per heavy atom. The second-order valence-corrected chi connectivity index (χ2v) is 5.36. The molecule has 0 saturated heterocycles. The van der Waals surface area contributed by atoms with Crippen molar-refractivity contribution in [3.05, 3.63) is 71.0 Å². The van der Waals surface area contributed by atoms with Crippen LogP contribution in [-0.2, 0) is 13.0 Å². The van der Waals surface area contributed by atoms with Gasteiger partial charge < -0.3 is 5.73 Å². The Kier molecular flexibility index (Phi) is 5.48. The summed E-state index contributed by atoms with van der Waals surface area (Å²) in [5.74, 6) is -0.193. The van der Waals surface area contributed by atoms with E-state index in [1.54, 1.807) is 6.07 Å². The van der Waals surface area contributed by atoms with Gasteiger partial charge in [0.05, 0.1) is 0 Å². The van der Waals surface area contributed by atoms with Crippen molar-refractivity contribution in [1.29, 1.82) is 0 Å². The van der Waals surface area contributed by atoms with Gasteiger partial charge in [-0.05, 0) is 30.7 Å². The van der Waals surface area contributed by atoms with Crippen LogP contribution in [0.25, 0.3) is 0 Å². The Bertz CT molecular complexity index is 566. The third-order valence-electron chi connectivity index (χ3n) is 3.88. The molecule has 0 spiro atoms. The monoisotopic (exact) mass is 286 g/mol. The minimum absolute atomic E-state index is 0.114. The van der Waals surface area contributed by atoms with Gasteiger partial charge in [-0.2, -0.15) is 0 Å². The second kappa shape index (κ2) is 7.34. The van der Waals surface area contributed by atoms with Crippen LogP contribution >= 0.6 is 0 Å². The van der Waals surface area contributed by atoms with Crippen molar-refractivity contribution in [2.75, 3.05) is 13.6 Å². The molecule has 0 aliphatic carbocycles. The molecule has 2 nitrogen and oxygen atoms in total. The normalized spacial score (nSPS) is 12.6. The van der Waals surface area contributed by atoms with Crippen LogP contribution in [-0.4, -0.2) is 18.5 Å². The first-order chi connectivity index (χ1) is 10.2. The minimum atomic E-state index is -0.193. The molecule has 0 amide bonds. The average molecular weight is 286 g/mol. The first kappa shape index (κ1) is 15.7. The van der Waals surface area contributed by atoms with E-state index in [-0.39, 0.29) is 11.9 Å². The van der Waals surface area contributed by atoms with Gasteiger partial charge in [-0.15, -0.1) is 0 Å². The molecular formula is C18H23FN2. The van der Waals surface area contributed by atoms with Crippen LogP contribution in [0, 0.1) is 5.82 Å². The lowest BCUT2D eigenvalue weighted by molar-refractivity contribution is 0.236. The smallest absolute Gasteiger partial charge is 0.128 e. The molecule has 0 aliphatic heterocycles. The molecule has 1 atom stereocenters. The van der Waals surface area contributed by atoms with Gasteiger partial charge in [0.15, 0.2) is 0 Å². The topological polar surface area (TPSA) is 29.3 Å². The van der Waals surface area contributed by atoms with Crippen LogP contribution in [0.3, 0.4) is 0 Å². The Balaban J connectivity index is 2.13. The number of hydrogen-bond donors (Lipinski definition) is 1. The summed E-state index contributed by atoms with van der Waals surface area (Å²) in [6.45, 7) is 3.29. The maximum atomic E-state index is 13.9. The number of likely N-dealkylation sites (N-methyl/N-ethyl adjacent to an activating group) is 1. The van der Waals surface area contributed by atoms with E-state index in [0.717, 1.165) is 13.0 Å². The number of hydrogen-bond acceptors (Lipinski definition) is 2. The molecule has 0 fully saturated rings. The number of aryl methyl sites for hydroxylation is 1. The fraction of sp³-hybridized carbons (Fsp3) is 0.333. The molecule has 2 aromatic rings. The first-order valence-electron chi connectivity index (χ1n) is 7.38. The molecule has 1 unspecified atom stereocenters. The van der Waals surface area contributed by atoms with Crippen LogP contribution in [0.2, 0.25) is 0 Å². The molecule has 0 heterocycles. The minimum Gasteiger partial charge on any atom is -0.329 e. The summed E-state index contributed by atoms with van der Waals surface area (Å²) in [6, 6.07) is 15.3. The van der Waals surface area contributed by atoms with Gasteiger partial charge in [-0.3, -0.25) is 4.90 Å². The van der Waals surface area contributed by atoms with Gasteiger partial charge in [0.25, 0.3) is 0 Å². The molecule has 2 N–H and O–H groups in total. The summed E-state index contributed by atoms with van der Waals surface area (Å²) >= 11 is 0. The van der Waals surface area contributed by atoms with Crippen LogP contribution in [0.4, 0.5) is 4.39 Å². The standard InChI is InChI=1S/C18H23FN2/c1-3-14-8-10-15(11-9-14)13-21(2)18(12-20)16-6-4-5-7-17(16)19/h4-11,18H,3,12-13,20H2,1-2H3. The number of benzene rings is 2. The zero-order chi connectivity index (χ0) is 15.2. The Hall–Kier alpha value is -1.71. The SMILES string of the molecule is CCc1ccc(CN(C)C(CN)c2ccccc2F)cc1. The van der Waals surface area contributed by atoms with E-state index in [1.165, 1.54) is 17.2 Å². The van der Waals surface area contributed by atoms with E-state index in [2.05, 4.69) is 36.1 Å². The second-order valence-electron chi connectivity index (χ2n) is 5.36. The average Bonchev–Trinajstić information content (AvgIpc) is 2.50. The highest BCUT2D eigenvalue weighted by Crippen LogP contribution is 2.23. The van der Waals surface area contributed by atoms with Gasteiger partial charge in [0.2, 0.25) is 0 Å². The van der Waals surface area contributed by atoms with E-state index >= 15 is 0 Å². The van der Waals surface area contributed by atoms with Crippen LogP contribution in [0.1, 0.15) is 29.7 Å². The maximum Gasteiger partial charge on any atom is 0.128 e. The van der Waals surface area contributed by atoms with Gasteiger partial charge in [-0.25, -0.2) is 4.39 Å². The van der Waals surface area contributed by atoms with E-state index < -0.39 is 0 Å². The third kappa shape index (κ3) is 3.90. The predicted molar refractivity (Wildman–Crippen MR) is 85.5 cm³/mol. The van der Waals surface area contributed by atoms with Gasteiger partial charge in [0, 0.05) is 24.7 Å². The van der Waals surface area contributed by atoms with Crippen LogP contribution in [0.15, 0.2) is 48.5 Å². The molecule has 2 rings (SSSR count). The van der Waals surface area contributed by atoms with Crippen molar-refractivity contribution in [2.24, 2.45) is 5.73 Å². The van der Waals surface area contributed by atoms with Crippen molar-refractivity contribution in [3.8, 4) is 0 Å². The number of halogens is 1. The molecule has 0 saturated carbocycles. The number of rotatable bonds is 6. The summed E-state index contributed by atoms with van der Waals surface area (Å²) in [7, 11) is 1.98. The highest BCUT2D eigenvalue weighted by molar-refractivity contribution is 5.24. The van der Waals surface area contributed by atoms with E-state index in [1.807, 2.05) is 19.2 Å². The lowest BCUT2D eigenvalue weighted by Gasteiger charge is -2.27. The van der Waals surface area contributed by atoms with E-state index in [4.69, 9.17) is 5.73 Å². The van der Waals surface area contributed by atoms with Crippen LogP contribution < -0.4 is 5.73 Å². The Labute approximate surface area is 126 Å². The lowest BCUT2D eigenvalue weighted by atomic mass is 10.0. The zero-order valence-electron chi connectivity index (χ0n) is 12.7. The fourth-order valence-corrected chi connectivity index (χ4v) is 2.57. The van der Waals surface area contributed by atoms with Crippen molar-refractivity contribution in [1.82, 2.24) is 4.90 Å². The van der Waals surface area contributed by atoms with Gasteiger partial charge in [0.1, 0.15) is 5.82 Å². The van der Waals surface area contributed by atoms with Gasteiger partial charge in [-0.1, -0.05) is 49.4 Å². The van der Waals surface area contributed by atoms with Crippen molar-refractivity contribution < 1.29 is 4.39 Å². The Morgan fingerprint density at radius 1 is 1.05 bits per heavy atom. The highest BCUT2D eigenvalue weighted by Gasteiger charge is 2.18. The molecule has 0 bridgehead atoms. The highest BCUT2D eigenvalue weighted by atomic mass is 19.1.